The number of hydrogen-bond donors (Lipinski definition) is 1. The molecule has 1 aliphatic rings. The third-order valence-electron chi connectivity index (χ3n) is 4.08. The van der Waals surface area contributed by atoms with Crippen molar-refractivity contribution in [3.05, 3.63) is 23.9 Å². The van der Waals surface area contributed by atoms with E-state index in [-0.39, 0.29) is 0 Å². The molecule has 1 aromatic heterocycles. The van der Waals surface area contributed by atoms with Crippen LogP contribution in [0.15, 0.2) is 18.3 Å². The molecule has 0 aromatic carbocycles. The highest BCUT2D eigenvalue weighted by Gasteiger charge is 2.22. The van der Waals surface area contributed by atoms with Crippen molar-refractivity contribution in [1.29, 1.82) is 0 Å². The molecule has 20 heavy (non-hydrogen) atoms. The predicted octanol–water partition coefficient (Wildman–Crippen LogP) is 3.05. The van der Waals surface area contributed by atoms with E-state index in [1.165, 1.54) is 12.8 Å². The Balaban J connectivity index is 1.98. The van der Waals surface area contributed by atoms with Gasteiger partial charge in [-0.1, -0.05) is 19.8 Å². The van der Waals surface area contributed by atoms with Crippen molar-refractivity contribution in [3.63, 3.8) is 0 Å². The lowest BCUT2D eigenvalue weighted by Gasteiger charge is -2.21. The van der Waals surface area contributed by atoms with E-state index < -0.39 is 0 Å². The summed E-state index contributed by atoms with van der Waals surface area (Å²) in [7, 11) is 1.86. The molecule has 1 aromatic rings. The Kier molecular flexibility index (Phi) is 5.39. The fraction of sp³-hybridized carbons (Fsp3) is 0.625. The van der Waals surface area contributed by atoms with Crippen LogP contribution in [-0.2, 0) is 11.3 Å². The second kappa shape index (κ2) is 7.27. The van der Waals surface area contributed by atoms with Crippen LogP contribution in [0.2, 0.25) is 0 Å². The average Bonchev–Trinajstić information content (AvgIpc) is 2.64. The van der Waals surface area contributed by atoms with Crippen LogP contribution in [0.3, 0.4) is 0 Å². The Bertz CT molecular complexity index is 447. The summed E-state index contributed by atoms with van der Waals surface area (Å²) in [5.74, 6) is 1.87. The quantitative estimate of drug-likeness (QED) is 0.898. The van der Waals surface area contributed by atoms with E-state index >= 15 is 0 Å². The van der Waals surface area contributed by atoms with Gasteiger partial charge in [0.15, 0.2) is 0 Å². The molecule has 1 amide bonds. The standard InChI is InChI=1S/C16H25N3O/c1-3-4-13-5-6-16(20)19(10-8-13)12-14-7-9-18-15(11-14)17-2/h7,9,11,13H,3-6,8,10,12H2,1-2H3,(H,17,18). The Morgan fingerprint density at radius 1 is 1.45 bits per heavy atom. The lowest BCUT2D eigenvalue weighted by Crippen LogP contribution is -2.29. The molecule has 1 aliphatic heterocycles. The second-order valence-corrected chi connectivity index (χ2v) is 5.60. The first kappa shape index (κ1) is 14.8. The highest BCUT2D eigenvalue weighted by atomic mass is 16.2. The summed E-state index contributed by atoms with van der Waals surface area (Å²) in [6.07, 6.45) is 7.16. The maximum Gasteiger partial charge on any atom is 0.222 e. The Morgan fingerprint density at radius 3 is 3.05 bits per heavy atom. The van der Waals surface area contributed by atoms with Crippen molar-refractivity contribution >= 4 is 11.7 Å². The molecule has 1 fully saturated rings. The highest BCUT2D eigenvalue weighted by Crippen LogP contribution is 2.23. The number of carbonyl (C=O) groups excluding carboxylic acids is 1. The van der Waals surface area contributed by atoms with E-state index in [4.69, 9.17) is 0 Å². The first-order valence-corrected chi connectivity index (χ1v) is 7.63. The minimum absolute atomic E-state index is 0.298. The lowest BCUT2D eigenvalue weighted by atomic mass is 9.96. The zero-order valence-electron chi connectivity index (χ0n) is 12.6. The Morgan fingerprint density at radius 2 is 2.30 bits per heavy atom. The van der Waals surface area contributed by atoms with Gasteiger partial charge < -0.3 is 10.2 Å². The molecule has 1 saturated heterocycles. The van der Waals surface area contributed by atoms with Gasteiger partial charge >= 0.3 is 0 Å². The van der Waals surface area contributed by atoms with Crippen molar-refractivity contribution in [2.24, 2.45) is 5.92 Å². The van der Waals surface area contributed by atoms with Crippen LogP contribution in [0.4, 0.5) is 5.82 Å². The molecule has 0 bridgehead atoms. The number of aromatic nitrogens is 1. The van der Waals surface area contributed by atoms with E-state index in [2.05, 4.69) is 17.2 Å². The molecule has 1 atom stereocenters. The van der Waals surface area contributed by atoms with Crippen molar-refractivity contribution < 1.29 is 4.79 Å². The average molecular weight is 275 g/mol. The fourth-order valence-corrected chi connectivity index (χ4v) is 2.89. The van der Waals surface area contributed by atoms with Crippen LogP contribution in [0, 0.1) is 5.92 Å². The highest BCUT2D eigenvalue weighted by molar-refractivity contribution is 5.76. The maximum atomic E-state index is 12.2. The summed E-state index contributed by atoms with van der Waals surface area (Å²) in [6.45, 7) is 3.82. The van der Waals surface area contributed by atoms with Gasteiger partial charge in [-0.25, -0.2) is 4.98 Å². The van der Waals surface area contributed by atoms with Gasteiger partial charge in [-0.2, -0.15) is 0 Å². The zero-order chi connectivity index (χ0) is 14.4. The van der Waals surface area contributed by atoms with Crippen molar-refractivity contribution in [3.8, 4) is 0 Å². The molecule has 2 rings (SSSR count). The Hall–Kier alpha value is -1.58. The molecule has 0 saturated carbocycles. The maximum absolute atomic E-state index is 12.2. The number of anilines is 1. The number of pyridine rings is 1. The Labute approximate surface area is 121 Å². The number of amides is 1. The van der Waals surface area contributed by atoms with E-state index in [0.717, 1.165) is 36.7 Å². The summed E-state index contributed by atoms with van der Waals surface area (Å²) in [6, 6.07) is 4.00. The van der Waals surface area contributed by atoms with Gasteiger partial charge in [-0.05, 0) is 36.5 Å². The van der Waals surface area contributed by atoms with Gasteiger partial charge in [0.05, 0.1) is 0 Å². The fourth-order valence-electron chi connectivity index (χ4n) is 2.89. The summed E-state index contributed by atoms with van der Waals surface area (Å²) >= 11 is 0. The van der Waals surface area contributed by atoms with Crippen LogP contribution < -0.4 is 5.32 Å². The van der Waals surface area contributed by atoms with Crippen LogP contribution in [0.25, 0.3) is 0 Å². The molecule has 1 unspecified atom stereocenters. The van der Waals surface area contributed by atoms with E-state index in [1.54, 1.807) is 6.20 Å². The third kappa shape index (κ3) is 3.95. The topological polar surface area (TPSA) is 45.2 Å². The summed E-state index contributed by atoms with van der Waals surface area (Å²) in [4.78, 5) is 18.4. The van der Waals surface area contributed by atoms with Gasteiger partial charge in [0, 0.05) is 32.8 Å². The molecule has 0 spiro atoms. The van der Waals surface area contributed by atoms with Crippen LogP contribution in [0.1, 0.15) is 44.6 Å². The zero-order valence-corrected chi connectivity index (χ0v) is 12.6. The summed E-state index contributed by atoms with van der Waals surface area (Å²) in [5, 5.41) is 3.04. The smallest absolute Gasteiger partial charge is 0.222 e. The number of nitrogens with zero attached hydrogens (tertiary/aromatic N) is 2. The molecular weight excluding hydrogens is 250 g/mol. The minimum atomic E-state index is 0.298. The van der Waals surface area contributed by atoms with Crippen LogP contribution >= 0.6 is 0 Å². The molecule has 1 N–H and O–H groups in total. The first-order valence-electron chi connectivity index (χ1n) is 7.63. The van der Waals surface area contributed by atoms with Gasteiger partial charge in [0.2, 0.25) is 5.91 Å². The lowest BCUT2D eigenvalue weighted by molar-refractivity contribution is -0.131. The number of likely N-dealkylation sites (tertiary alicyclic amines) is 1. The number of carbonyl (C=O) groups is 1. The van der Waals surface area contributed by atoms with Gasteiger partial charge in [-0.3, -0.25) is 4.79 Å². The molecule has 4 heteroatoms. The van der Waals surface area contributed by atoms with Crippen molar-refractivity contribution in [2.75, 3.05) is 18.9 Å². The largest absolute Gasteiger partial charge is 0.373 e. The van der Waals surface area contributed by atoms with Crippen molar-refractivity contribution in [2.45, 2.75) is 45.6 Å². The minimum Gasteiger partial charge on any atom is -0.373 e. The molecule has 2 heterocycles. The van der Waals surface area contributed by atoms with Crippen LogP contribution in [-0.4, -0.2) is 29.4 Å². The van der Waals surface area contributed by atoms with Gasteiger partial charge in [0.25, 0.3) is 0 Å². The number of rotatable bonds is 5. The molecule has 0 radical (unpaired) electrons. The third-order valence-corrected chi connectivity index (χ3v) is 4.08. The van der Waals surface area contributed by atoms with E-state index in [0.29, 0.717) is 18.9 Å². The summed E-state index contributed by atoms with van der Waals surface area (Å²) in [5.41, 5.74) is 1.15. The molecule has 0 aliphatic carbocycles. The second-order valence-electron chi connectivity index (χ2n) is 5.60. The monoisotopic (exact) mass is 275 g/mol. The molecule has 4 nitrogen and oxygen atoms in total. The summed E-state index contributed by atoms with van der Waals surface area (Å²) < 4.78 is 0. The van der Waals surface area contributed by atoms with Gasteiger partial charge in [0.1, 0.15) is 5.82 Å². The van der Waals surface area contributed by atoms with Crippen LogP contribution in [0.5, 0.6) is 0 Å². The normalized spacial score (nSPS) is 19.8. The van der Waals surface area contributed by atoms with Crippen molar-refractivity contribution in [1.82, 2.24) is 9.88 Å². The number of nitrogens with one attached hydrogen (secondary N) is 1. The van der Waals surface area contributed by atoms with Gasteiger partial charge in [-0.15, -0.1) is 0 Å². The van der Waals surface area contributed by atoms with E-state index in [9.17, 15) is 4.79 Å². The SMILES string of the molecule is CCCC1CCC(=O)N(Cc2ccnc(NC)c2)CC1. The first-order chi connectivity index (χ1) is 9.72. The molecular formula is C16H25N3O. The molecule has 110 valence electrons. The number of hydrogen-bond acceptors (Lipinski definition) is 3. The van der Waals surface area contributed by atoms with E-state index in [1.807, 2.05) is 24.1 Å². The predicted molar refractivity (Wildman–Crippen MR) is 81.4 cm³/mol.